The fourth-order valence-corrected chi connectivity index (χ4v) is 2.15. The smallest absolute Gasteiger partial charge is 0.121 e. The van der Waals surface area contributed by atoms with Gasteiger partial charge in [0.15, 0.2) is 0 Å². The van der Waals surface area contributed by atoms with E-state index in [0.29, 0.717) is 6.61 Å². The molecule has 0 spiro atoms. The molecule has 2 rings (SSSR count). The van der Waals surface area contributed by atoms with Crippen LogP contribution in [0, 0.1) is 0 Å². The molecule has 0 heterocycles. The second-order valence-corrected chi connectivity index (χ2v) is 5.16. The number of hydrogen-bond donors (Lipinski definition) is 1. The molecule has 0 unspecified atom stereocenters. The van der Waals surface area contributed by atoms with Gasteiger partial charge in [-0.2, -0.15) is 0 Å². The van der Waals surface area contributed by atoms with E-state index in [1.165, 1.54) is 5.56 Å². The van der Waals surface area contributed by atoms with Gasteiger partial charge in [-0.1, -0.05) is 31.5 Å². The molecule has 0 radical (unpaired) electrons. The summed E-state index contributed by atoms with van der Waals surface area (Å²) in [6.45, 7) is 6.38. The predicted octanol–water partition coefficient (Wildman–Crippen LogP) is 4.88. The van der Waals surface area contributed by atoms with E-state index in [9.17, 15) is 0 Å². The van der Waals surface area contributed by atoms with Crippen molar-refractivity contribution >= 4 is 5.69 Å². The summed E-state index contributed by atoms with van der Waals surface area (Å²) in [5.41, 5.74) is 2.26. The van der Waals surface area contributed by atoms with E-state index in [1.54, 1.807) is 0 Å². The Labute approximate surface area is 133 Å². The summed E-state index contributed by atoms with van der Waals surface area (Å²) in [4.78, 5) is 0. The number of benzene rings is 2. The van der Waals surface area contributed by atoms with Crippen LogP contribution in [0.4, 0.5) is 5.69 Å². The average Bonchev–Trinajstić information content (AvgIpc) is 2.54. The lowest BCUT2D eigenvalue weighted by Crippen LogP contribution is -2.01. The Morgan fingerprint density at radius 2 is 1.68 bits per heavy atom. The van der Waals surface area contributed by atoms with Gasteiger partial charge in [0.2, 0.25) is 0 Å². The van der Waals surface area contributed by atoms with Crippen LogP contribution in [0.1, 0.15) is 32.3 Å². The highest BCUT2D eigenvalue weighted by molar-refractivity contribution is 5.48. The Bertz CT molecular complexity index is 569. The summed E-state index contributed by atoms with van der Waals surface area (Å²) in [5, 5.41) is 3.42. The molecule has 22 heavy (non-hydrogen) atoms. The van der Waals surface area contributed by atoms with Crippen molar-refractivity contribution in [3.63, 3.8) is 0 Å². The number of unbranched alkanes of at least 4 members (excludes halogenated alkanes) is 1. The van der Waals surface area contributed by atoms with Crippen LogP contribution in [0.2, 0.25) is 0 Å². The molecule has 3 heteroatoms. The van der Waals surface area contributed by atoms with Gasteiger partial charge in [-0.05, 0) is 43.2 Å². The third kappa shape index (κ3) is 5.32. The quantitative estimate of drug-likeness (QED) is 0.670. The van der Waals surface area contributed by atoms with Crippen LogP contribution < -0.4 is 14.8 Å². The van der Waals surface area contributed by atoms with E-state index < -0.39 is 0 Å². The van der Waals surface area contributed by atoms with Crippen LogP contribution in [-0.4, -0.2) is 13.2 Å². The minimum absolute atomic E-state index is 0.681. The monoisotopic (exact) mass is 299 g/mol. The molecular weight excluding hydrogens is 274 g/mol. The van der Waals surface area contributed by atoms with Crippen LogP contribution in [0.5, 0.6) is 11.5 Å². The van der Waals surface area contributed by atoms with E-state index in [2.05, 4.69) is 24.4 Å². The average molecular weight is 299 g/mol. The third-order valence-corrected chi connectivity index (χ3v) is 3.31. The van der Waals surface area contributed by atoms with E-state index in [0.717, 1.165) is 43.2 Å². The molecule has 0 fully saturated rings. The second kappa shape index (κ2) is 8.98. The van der Waals surface area contributed by atoms with Gasteiger partial charge in [0.1, 0.15) is 11.5 Å². The van der Waals surface area contributed by atoms with Crippen molar-refractivity contribution in [1.82, 2.24) is 0 Å². The van der Waals surface area contributed by atoms with E-state index in [1.807, 2.05) is 43.3 Å². The van der Waals surface area contributed by atoms with Gasteiger partial charge < -0.3 is 14.8 Å². The highest BCUT2D eigenvalue weighted by Crippen LogP contribution is 2.19. The van der Waals surface area contributed by atoms with Gasteiger partial charge in [0.25, 0.3) is 0 Å². The molecule has 0 atom stereocenters. The summed E-state index contributed by atoms with van der Waals surface area (Å²) in [5.74, 6) is 1.83. The minimum Gasteiger partial charge on any atom is -0.494 e. The third-order valence-electron chi connectivity index (χ3n) is 3.31. The molecular formula is C19H25NO2. The van der Waals surface area contributed by atoms with Gasteiger partial charge in [-0.25, -0.2) is 0 Å². The Morgan fingerprint density at radius 3 is 2.45 bits per heavy atom. The predicted molar refractivity (Wildman–Crippen MR) is 91.8 cm³/mol. The first-order chi connectivity index (χ1) is 10.8. The Hall–Kier alpha value is -2.16. The lowest BCUT2D eigenvalue weighted by Gasteiger charge is -2.10. The first-order valence-corrected chi connectivity index (χ1v) is 8.00. The maximum absolute atomic E-state index is 5.74. The van der Waals surface area contributed by atoms with Crippen LogP contribution >= 0.6 is 0 Å². The molecule has 0 aromatic heterocycles. The van der Waals surface area contributed by atoms with Gasteiger partial charge in [-0.3, -0.25) is 0 Å². The zero-order valence-electron chi connectivity index (χ0n) is 13.5. The Balaban J connectivity index is 1.90. The van der Waals surface area contributed by atoms with Crippen molar-refractivity contribution in [3.05, 3.63) is 54.1 Å². The Kier molecular flexibility index (Phi) is 6.62. The lowest BCUT2D eigenvalue weighted by atomic mass is 10.2. The highest BCUT2D eigenvalue weighted by Gasteiger charge is 1.99. The maximum atomic E-state index is 5.74. The topological polar surface area (TPSA) is 30.5 Å². The molecule has 0 aliphatic carbocycles. The second-order valence-electron chi connectivity index (χ2n) is 5.16. The van der Waals surface area contributed by atoms with Gasteiger partial charge in [0.05, 0.1) is 13.2 Å². The molecule has 0 saturated carbocycles. The number of ether oxygens (including phenoxy) is 2. The maximum Gasteiger partial charge on any atom is 0.121 e. The normalized spacial score (nSPS) is 10.3. The fraction of sp³-hybridized carbons (Fsp3) is 0.368. The first-order valence-electron chi connectivity index (χ1n) is 8.00. The first kappa shape index (κ1) is 16.2. The molecule has 0 aliphatic rings. The zero-order valence-corrected chi connectivity index (χ0v) is 13.5. The molecule has 0 amide bonds. The van der Waals surface area contributed by atoms with Crippen molar-refractivity contribution in [2.45, 2.75) is 33.2 Å². The molecule has 0 aliphatic heterocycles. The van der Waals surface area contributed by atoms with E-state index in [4.69, 9.17) is 9.47 Å². The van der Waals surface area contributed by atoms with Crippen LogP contribution in [0.3, 0.4) is 0 Å². The van der Waals surface area contributed by atoms with Crippen molar-refractivity contribution in [1.29, 1.82) is 0 Å². The molecule has 118 valence electrons. The summed E-state index contributed by atoms with van der Waals surface area (Å²) in [6.07, 6.45) is 2.24. The lowest BCUT2D eigenvalue weighted by molar-refractivity contribution is 0.309. The van der Waals surface area contributed by atoms with Crippen LogP contribution in [0.25, 0.3) is 0 Å². The van der Waals surface area contributed by atoms with Gasteiger partial charge >= 0.3 is 0 Å². The van der Waals surface area contributed by atoms with Crippen molar-refractivity contribution in [2.24, 2.45) is 0 Å². The van der Waals surface area contributed by atoms with Crippen molar-refractivity contribution in [2.75, 3.05) is 18.5 Å². The molecule has 3 nitrogen and oxygen atoms in total. The van der Waals surface area contributed by atoms with Crippen molar-refractivity contribution < 1.29 is 9.47 Å². The molecule has 2 aromatic carbocycles. The van der Waals surface area contributed by atoms with Crippen LogP contribution in [-0.2, 0) is 6.54 Å². The standard InChI is InChI=1S/C19H25NO2/c1-3-5-12-22-18-10-6-8-16(13-18)15-20-17-9-7-11-19(14-17)21-4-2/h6-11,13-14,20H,3-5,12,15H2,1-2H3. The minimum atomic E-state index is 0.681. The fourth-order valence-electron chi connectivity index (χ4n) is 2.15. The van der Waals surface area contributed by atoms with E-state index >= 15 is 0 Å². The molecule has 2 aromatic rings. The SMILES string of the molecule is CCCCOc1cccc(CNc2cccc(OCC)c2)c1. The molecule has 1 N–H and O–H groups in total. The number of hydrogen-bond acceptors (Lipinski definition) is 3. The number of nitrogens with one attached hydrogen (secondary N) is 1. The summed E-state index contributed by atoms with van der Waals surface area (Å²) >= 11 is 0. The number of anilines is 1. The summed E-state index contributed by atoms with van der Waals surface area (Å²) < 4.78 is 11.3. The summed E-state index contributed by atoms with van der Waals surface area (Å²) in [6, 6.07) is 16.3. The Morgan fingerprint density at radius 1 is 0.909 bits per heavy atom. The zero-order chi connectivity index (χ0) is 15.6. The summed E-state index contributed by atoms with van der Waals surface area (Å²) in [7, 11) is 0. The highest BCUT2D eigenvalue weighted by atomic mass is 16.5. The molecule has 0 bridgehead atoms. The number of rotatable bonds is 9. The van der Waals surface area contributed by atoms with Crippen LogP contribution in [0.15, 0.2) is 48.5 Å². The van der Waals surface area contributed by atoms with E-state index in [-0.39, 0.29) is 0 Å². The van der Waals surface area contributed by atoms with Gasteiger partial charge in [-0.15, -0.1) is 0 Å². The van der Waals surface area contributed by atoms with Gasteiger partial charge in [0, 0.05) is 18.3 Å². The largest absolute Gasteiger partial charge is 0.494 e. The molecule has 0 saturated heterocycles. The van der Waals surface area contributed by atoms with Crippen molar-refractivity contribution in [3.8, 4) is 11.5 Å².